The maximum atomic E-state index is 12.3. The van der Waals surface area contributed by atoms with Gasteiger partial charge in [0.2, 0.25) is 5.88 Å². The van der Waals surface area contributed by atoms with Crippen LogP contribution in [0.15, 0.2) is 24.4 Å². The molecule has 2 aromatic rings. The van der Waals surface area contributed by atoms with Gasteiger partial charge >= 0.3 is 11.9 Å². The van der Waals surface area contributed by atoms with E-state index in [1.165, 1.54) is 12.3 Å². The second-order valence-electron chi connectivity index (χ2n) is 5.51. The number of aliphatic carboxylic acids is 1. The maximum Gasteiger partial charge on any atom is 0.316 e. The van der Waals surface area contributed by atoms with Crippen molar-refractivity contribution in [2.45, 2.75) is 33.6 Å². The molecule has 0 bridgehead atoms. The second-order valence-corrected chi connectivity index (χ2v) is 5.51. The highest BCUT2D eigenvalue weighted by atomic mass is 16.5. The zero-order valence-corrected chi connectivity index (χ0v) is 13.8. The highest BCUT2D eigenvalue weighted by molar-refractivity contribution is 5.80. The summed E-state index contributed by atoms with van der Waals surface area (Å²) in [6.07, 6.45) is 1.30. The number of aryl methyl sites for hydroxylation is 3. The molecular formula is C17H19N3O4. The zero-order chi connectivity index (χ0) is 17.7. The minimum atomic E-state index is -1.08. The van der Waals surface area contributed by atoms with Crippen LogP contribution in [0.1, 0.15) is 29.2 Å². The van der Waals surface area contributed by atoms with Crippen LogP contribution in [0, 0.1) is 26.7 Å². The van der Waals surface area contributed by atoms with E-state index in [2.05, 4.69) is 15.0 Å². The third-order valence-corrected chi connectivity index (χ3v) is 3.62. The lowest BCUT2D eigenvalue weighted by molar-refractivity contribution is -0.146. The number of pyridine rings is 1. The molecule has 0 aliphatic heterocycles. The van der Waals surface area contributed by atoms with Crippen LogP contribution in [0.4, 0.5) is 0 Å². The van der Waals surface area contributed by atoms with E-state index < -0.39 is 17.9 Å². The van der Waals surface area contributed by atoms with Crippen LogP contribution in [0.2, 0.25) is 0 Å². The first-order chi connectivity index (χ1) is 11.4. The standard InChI is InChI=1S/C17H19N3O4/c1-10-11(2)20-14(12(3)19-10)8-13(9-16(21)22)17(23)24-15-6-4-5-7-18-15/h4-7,13H,8-9H2,1-3H3,(H,21,22). The van der Waals surface area contributed by atoms with E-state index in [1.807, 2.05) is 13.8 Å². The first kappa shape index (κ1) is 17.5. The molecule has 2 aromatic heterocycles. The number of aromatic nitrogens is 3. The third kappa shape index (κ3) is 4.58. The van der Waals surface area contributed by atoms with Crippen molar-refractivity contribution >= 4 is 11.9 Å². The van der Waals surface area contributed by atoms with E-state index in [0.29, 0.717) is 11.4 Å². The SMILES string of the molecule is Cc1nc(C)c(CC(CC(=O)O)C(=O)Oc2ccccn2)nc1C. The number of carboxylic acid groups (broad SMARTS) is 1. The number of ether oxygens (including phenoxy) is 1. The molecule has 0 saturated heterocycles. The number of esters is 1. The Balaban J connectivity index is 2.20. The molecule has 7 heteroatoms. The first-order valence-electron chi connectivity index (χ1n) is 7.52. The number of nitrogens with zero attached hydrogens (tertiary/aromatic N) is 3. The summed E-state index contributed by atoms with van der Waals surface area (Å²) in [5.74, 6) is -2.44. The number of hydrogen-bond acceptors (Lipinski definition) is 6. The van der Waals surface area contributed by atoms with Gasteiger partial charge in [0, 0.05) is 18.7 Å². The summed E-state index contributed by atoms with van der Waals surface area (Å²) in [6, 6.07) is 4.91. The van der Waals surface area contributed by atoms with Gasteiger partial charge in [-0.25, -0.2) is 4.98 Å². The van der Waals surface area contributed by atoms with Crippen molar-refractivity contribution < 1.29 is 19.4 Å². The Labute approximate surface area is 139 Å². The molecule has 126 valence electrons. The fourth-order valence-electron chi connectivity index (χ4n) is 2.23. The smallest absolute Gasteiger partial charge is 0.316 e. The van der Waals surface area contributed by atoms with Gasteiger partial charge in [0.15, 0.2) is 0 Å². The highest BCUT2D eigenvalue weighted by Crippen LogP contribution is 2.18. The quantitative estimate of drug-likeness (QED) is 0.809. The summed E-state index contributed by atoms with van der Waals surface area (Å²) in [4.78, 5) is 36.2. The van der Waals surface area contributed by atoms with Crippen LogP contribution in [0.25, 0.3) is 0 Å². The van der Waals surface area contributed by atoms with Crippen molar-refractivity contribution in [3.05, 3.63) is 47.2 Å². The number of carbonyl (C=O) groups is 2. The van der Waals surface area contributed by atoms with E-state index in [0.717, 1.165) is 11.4 Å². The molecular weight excluding hydrogens is 310 g/mol. The van der Waals surface area contributed by atoms with E-state index in [9.17, 15) is 9.59 Å². The zero-order valence-electron chi connectivity index (χ0n) is 13.8. The van der Waals surface area contributed by atoms with Gasteiger partial charge in [0.05, 0.1) is 35.1 Å². The lowest BCUT2D eigenvalue weighted by atomic mass is 9.98. The summed E-state index contributed by atoms with van der Waals surface area (Å²) in [6.45, 7) is 5.46. The number of carboxylic acids is 1. The van der Waals surface area contributed by atoms with E-state index in [1.54, 1.807) is 19.1 Å². The number of hydrogen-bond donors (Lipinski definition) is 1. The second kappa shape index (κ2) is 7.63. The Morgan fingerprint density at radius 2 is 1.83 bits per heavy atom. The molecule has 1 N–H and O–H groups in total. The Kier molecular flexibility index (Phi) is 5.57. The van der Waals surface area contributed by atoms with Crippen LogP contribution in [0.3, 0.4) is 0 Å². The van der Waals surface area contributed by atoms with E-state index in [4.69, 9.17) is 9.84 Å². The summed E-state index contributed by atoms with van der Waals surface area (Å²) in [5.41, 5.74) is 2.84. The average Bonchev–Trinajstić information content (AvgIpc) is 2.52. The van der Waals surface area contributed by atoms with Gasteiger partial charge < -0.3 is 9.84 Å². The Morgan fingerprint density at radius 3 is 2.46 bits per heavy atom. The minimum Gasteiger partial charge on any atom is -0.481 e. The molecule has 0 aliphatic rings. The normalized spacial score (nSPS) is 11.8. The molecule has 0 radical (unpaired) electrons. The van der Waals surface area contributed by atoms with Crippen molar-refractivity contribution in [1.29, 1.82) is 0 Å². The molecule has 1 atom stereocenters. The fraction of sp³-hybridized carbons (Fsp3) is 0.353. The van der Waals surface area contributed by atoms with Crippen LogP contribution < -0.4 is 4.74 Å². The van der Waals surface area contributed by atoms with Crippen molar-refractivity contribution in [2.75, 3.05) is 0 Å². The summed E-state index contributed by atoms with van der Waals surface area (Å²) in [5, 5.41) is 9.09. The van der Waals surface area contributed by atoms with Crippen molar-refractivity contribution in [2.24, 2.45) is 5.92 Å². The van der Waals surface area contributed by atoms with Gasteiger partial charge in [-0.05, 0) is 26.8 Å². The van der Waals surface area contributed by atoms with Crippen molar-refractivity contribution in [3.8, 4) is 5.88 Å². The molecule has 0 amide bonds. The Hall–Kier alpha value is -2.83. The van der Waals surface area contributed by atoms with Gasteiger partial charge in [-0.3, -0.25) is 19.6 Å². The maximum absolute atomic E-state index is 12.3. The molecule has 0 aliphatic carbocycles. The van der Waals surface area contributed by atoms with Crippen LogP contribution >= 0.6 is 0 Å². The van der Waals surface area contributed by atoms with Gasteiger partial charge in [-0.15, -0.1) is 0 Å². The van der Waals surface area contributed by atoms with Crippen molar-refractivity contribution in [1.82, 2.24) is 15.0 Å². The van der Waals surface area contributed by atoms with Gasteiger partial charge in [-0.1, -0.05) is 6.07 Å². The predicted molar refractivity (Wildman–Crippen MR) is 85.6 cm³/mol. The first-order valence-corrected chi connectivity index (χ1v) is 7.52. The van der Waals surface area contributed by atoms with Crippen molar-refractivity contribution in [3.63, 3.8) is 0 Å². The lowest BCUT2D eigenvalue weighted by Gasteiger charge is -2.15. The minimum absolute atomic E-state index is 0.140. The predicted octanol–water partition coefficient (Wildman–Crippen LogP) is 2.04. The van der Waals surface area contributed by atoms with Gasteiger partial charge in [0.1, 0.15) is 0 Å². The summed E-state index contributed by atoms with van der Waals surface area (Å²) < 4.78 is 5.18. The van der Waals surface area contributed by atoms with Crippen LogP contribution in [0.5, 0.6) is 5.88 Å². The van der Waals surface area contributed by atoms with Crippen LogP contribution in [-0.2, 0) is 16.0 Å². The Bertz CT molecular complexity index is 747. The molecule has 0 aromatic carbocycles. The molecule has 2 heterocycles. The molecule has 0 fully saturated rings. The van der Waals surface area contributed by atoms with Gasteiger partial charge in [0.25, 0.3) is 0 Å². The fourth-order valence-corrected chi connectivity index (χ4v) is 2.23. The molecule has 7 nitrogen and oxygen atoms in total. The van der Waals surface area contributed by atoms with Gasteiger partial charge in [-0.2, -0.15) is 0 Å². The highest BCUT2D eigenvalue weighted by Gasteiger charge is 2.26. The molecule has 2 rings (SSSR count). The van der Waals surface area contributed by atoms with E-state index >= 15 is 0 Å². The Morgan fingerprint density at radius 1 is 1.12 bits per heavy atom. The van der Waals surface area contributed by atoms with Crippen LogP contribution in [-0.4, -0.2) is 32.0 Å². The largest absolute Gasteiger partial charge is 0.481 e. The number of carbonyl (C=O) groups excluding carboxylic acids is 1. The monoisotopic (exact) mass is 329 g/mol. The lowest BCUT2D eigenvalue weighted by Crippen LogP contribution is -2.26. The molecule has 1 unspecified atom stereocenters. The molecule has 0 spiro atoms. The topological polar surface area (TPSA) is 102 Å². The third-order valence-electron chi connectivity index (χ3n) is 3.62. The summed E-state index contributed by atoms with van der Waals surface area (Å²) in [7, 11) is 0. The number of rotatable bonds is 6. The van der Waals surface area contributed by atoms with E-state index in [-0.39, 0.29) is 18.7 Å². The molecule has 0 saturated carbocycles. The molecule has 24 heavy (non-hydrogen) atoms. The summed E-state index contributed by atoms with van der Waals surface area (Å²) >= 11 is 0. The average molecular weight is 329 g/mol.